The molecule has 1 aromatic heterocycles. The highest BCUT2D eigenvalue weighted by Crippen LogP contribution is 2.17. The van der Waals surface area contributed by atoms with Crippen molar-refractivity contribution >= 4 is 11.6 Å². The van der Waals surface area contributed by atoms with Crippen molar-refractivity contribution in [2.24, 2.45) is 0 Å². The van der Waals surface area contributed by atoms with E-state index in [0.29, 0.717) is 17.3 Å². The number of carbonyl (C=O) groups is 1. The Labute approximate surface area is 98.4 Å². The van der Waals surface area contributed by atoms with Gasteiger partial charge < -0.3 is 14.5 Å². The smallest absolute Gasteiger partial charge is 0.277 e. The van der Waals surface area contributed by atoms with Gasteiger partial charge in [0.2, 0.25) is 0 Å². The van der Waals surface area contributed by atoms with E-state index < -0.39 is 0 Å². The number of hydrogen-bond donors (Lipinski definition) is 1. The lowest BCUT2D eigenvalue weighted by atomic mass is 10.3. The monoisotopic (exact) mass is 232 g/mol. The highest BCUT2D eigenvalue weighted by atomic mass is 16.5. The third-order valence-electron chi connectivity index (χ3n) is 2.18. The second-order valence-electron chi connectivity index (χ2n) is 3.44. The summed E-state index contributed by atoms with van der Waals surface area (Å²) < 4.78 is 10.0. The average Bonchev–Trinajstić information content (AvgIpc) is 2.76. The third-order valence-corrected chi connectivity index (χ3v) is 2.18. The molecule has 1 heterocycles. The van der Waals surface area contributed by atoms with Crippen LogP contribution in [0.15, 0.2) is 34.9 Å². The van der Waals surface area contributed by atoms with Gasteiger partial charge in [-0.05, 0) is 12.1 Å². The number of aromatic nitrogens is 1. The Morgan fingerprint density at radius 2 is 2.29 bits per heavy atom. The molecule has 0 bridgehead atoms. The first-order chi connectivity index (χ1) is 8.19. The summed E-state index contributed by atoms with van der Waals surface area (Å²) in [5.41, 5.74) is 0.903. The molecule has 2 rings (SSSR count). The molecule has 0 atom stereocenters. The van der Waals surface area contributed by atoms with E-state index in [1.807, 2.05) is 0 Å². The Bertz CT molecular complexity index is 534. The minimum atomic E-state index is -0.310. The fraction of sp³-hybridized carbons (Fsp3) is 0.167. The number of nitrogens with one attached hydrogen (secondary N) is 1. The Morgan fingerprint density at radius 3 is 2.94 bits per heavy atom. The molecule has 0 aliphatic carbocycles. The summed E-state index contributed by atoms with van der Waals surface area (Å²) in [6.45, 7) is 1.68. The van der Waals surface area contributed by atoms with Gasteiger partial charge in [0.15, 0.2) is 11.6 Å². The van der Waals surface area contributed by atoms with E-state index in [1.165, 1.54) is 6.26 Å². The number of oxazole rings is 1. The lowest BCUT2D eigenvalue weighted by Crippen LogP contribution is -2.12. The molecule has 2 aromatic rings. The van der Waals surface area contributed by atoms with Crippen molar-refractivity contribution in [2.45, 2.75) is 6.92 Å². The van der Waals surface area contributed by atoms with Crippen LogP contribution in [0.25, 0.3) is 0 Å². The lowest BCUT2D eigenvalue weighted by molar-refractivity contribution is 0.102. The summed E-state index contributed by atoms with van der Waals surface area (Å²) in [5, 5.41) is 2.70. The lowest BCUT2D eigenvalue weighted by Gasteiger charge is -2.04. The highest BCUT2D eigenvalue weighted by molar-refractivity contribution is 6.02. The van der Waals surface area contributed by atoms with Crippen molar-refractivity contribution in [3.63, 3.8) is 0 Å². The van der Waals surface area contributed by atoms with Crippen LogP contribution in [0.4, 0.5) is 5.69 Å². The maximum absolute atomic E-state index is 11.8. The predicted molar refractivity (Wildman–Crippen MR) is 62.2 cm³/mol. The van der Waals surface area contributed by atoms with Crippen LogP contribution < -0.4 is 10.1 Å². The summed E-state index contributed by atoms with van der Waals surface area (Å²) in [5.74, 6) is 0.829. The van der Waals surface area contributed by atoms with Crippen molar-refractivity contribution in [1.82, 2.24) is 4.98 Å². The van der Waals surface area contributed by atoms with Crippen LogP contribution in [0.2, 0.25) is 0 Å². The summed E-state index contributed by atoms with van der Waals surface area (Å²) in [7, 11) is 1.57. The van der Waals surface area contributed by atoms with E-state index in [1.54, 1.807) is 38.3 Å². The summed E-state index contributed by atoms with van der Waals surface area (Å²) in [4.78, 5) is 15.7. The Kier molecular flexibility index (Phi) is 3.09. The molecule has 5 nitrogen and oxygen atoms in total. The van der Waals surface area contributed by atoms with E-state index in [4.69, 9.17) is 9.15 Å². The zero-order chi connectivity index (χ0) is 12.3. The van der Waals surface area contributed by atoms with Gasteiger partial charge in [0.25, 0.3) is 5.91 Å². The quantitative estimate of drug-likeness (QED) is 0.881. The molecule has 88 valence electrons. The maximum atomic E-state index is 11.8. The topological polar surface area (TPSA) is 64.4 Å². The second kappa shape index (κ2) is 4.69. The Morgan fingerprint density at radius 1 is 1.47 bits per heavy atom. The Hall–Kier alpha value is -2.30. The van der Waals surface area contributed by atoms with Gasteiger partial charge in [-0.2, -0.15) is 0 Å². The van der Waals surface area contributed by atoms with Gasteiger partial charge in [-0.1, -0.05) is 6.07 Å². The van der Waals surface area contributed by atoms with Gasteiger partial charge in [0.05, 0.1) is 7.11 Å². The van der Waals surface area contributed by atoms with Crippen LogP contribution in [-0.2, 0) is 0 Å². The van der Waals surface area contributed by atoms with Gasteiger partial charge in [-0.25, -0.2) is 4.98 Å². The van der Waals surface area contributed by atoms with Crippen molar-refractivity contribution in [2.75, 3.05) is 12.4 Å². The molecule has 1 aromatic carbocycles. The highest BCUT2D eigenvalue weighted by Gasteiger charge is 2.10. The SMILES string of the molecule is COc1cccc(NC(=O)c2coc(C)n2)c1. The molecule has 0 aliphatic heterocycles. The van der Waals surface area contributed by atoms with Gasteiger partial charge in [0, 0.05) is 18.7 Å². The molecule has 0 saturated heterocycles. The number of carbonyl (C=O) groups excluding carboxylic acids is 1. The number of methoxy groups -OCH3 is 1. The van der Waals surface area contributed by atoms with Gasteiger partial charge >= 0.3 is 0 Å². The second-order valence-corrected chi connectivity index (χ2v) is 3.44. The van der Waals surface area contributed by atoms with Crippen LogP contribution in [0.1, 0.15) is 16.4 Å². The first-order valence-corrected chi connectivity index (χ1v) is 5.06. The minimum absolute atomic E-state index is 0.255. The number of benzene rings is 1. The maximum Gasteiger partial charge on any atom is 0.277 e. The van der Waals surface area contributed by atoms with E-state index in [9.17, 15) is 4.79 Å². The molecule has 0 saturated carbocycles. The van der Waals surface area contributed by atoms with E-state index in [2.05, 4.69) is 10.3 Å². The number of amides is 1. The molecule has 1 N–H and O–H groups in total. The van der Waals surface area contributed by atoms with Crippen LogP contribution >= 0.6 is 0 Å². The third kappa shape index (κ3) is 2.63. The fourth-order valence-corrected chi connectivity index (χ4v) is 1.36. The van der Waals surface area contributed by atoms with Gasteiger partial charge in [-0.15, -0.1) is 0 Å². The molecule has 0 aliphatic rings. The largest absolute Gasteiger partial charge is 0.497 e. The molecule has 5 heteroatoms. The van der Waals surface area contributed by atoms with Gasteiger partial charge in [-0.3, -0.25) is 4.79 Å². The van der Waals surface area contributed by atoms with Crippen LogP contribution in [0.3, 0.4) is 0 Å². The average molecular weight is 232 g/mol. The van der Waals surface area contributed by atoms with Crippen LogP contribution in [-0.4, -0.2) is 18.0 Å². The first-order valence-electron chi connectivity index (χ1n) is 5.06. The molecular formula is C12H12N2O3. The number of anilines is 1. The standard InChI is InChI=1S/C12H12N2O3/c1-8-13-11(7-17-8)12(15)14-9-4-3-5-10(6-9)16-2/h3-7H,1-2H3,(H,14,15). The minimum Gasteiger partial charge on any atom is -0.497 e. The molecule has 0 spiro atoms. The Balaban J connectivity index is 2.12. The van der Waals surface area contributed by atoms with Crippen molar-refractivity contribution in [3.05, 3.63) is 42.1 Å². The predicted octanol–water partition coefficient (Wildman–Crippen LogP) is 2.24. The zero-order valence-corrected chi connectivity index (χ0v) is 9.56. The van der Waals surface area contributed by atoms with Crippen molar-refractivity contribution in [1.29, 1.82) is 0 Å². The summed E-state index contributed by atoms with van der Waals surface area (Å²) in [6, 6.07) is 7.09. The number of hydrogen-bond acceptors (Lipinski definition) is 4. The summed E-state index contributed by atoms with van der Waals surface area (Å²) in [6.07, 6.45) is 1.32. The molecule has 0 radical (unpaired) electrons. The number of aryl methyl sites for hydroxylation is 1. The number of rotatable bonds is 3. The first kappa shape index (κ1) is 11.2. The number of ether oxygens (including phenoxy) is 1. The molecular weight excluding hydrogens is 220 g/mol. The van der Waals surface area contributed by atoms with E-state index >= 15 is 0 Å². The van der Waals surface area contributed by atoms with Crippen LogP contribution in [0, 0.1) is 6.92 Å². The van der Waals surface area contributed by atoms with Crippen molar-refractivity contribution < 1.29 is 13.9 Å². The molecule has 0 unspecified atom stereocenters. The summed E-state index contributed by atoms with van der Waals surface area (Å²) >= 11 is 0. The van der Waals surface area contributed by atoms with E-state index in [0.717, 1.165) is 0 Å². The van der Waals surface area contributed by atoms with E-state index in [-0.39, 0.29) is 11.6 Å². The molecule has 1 amide bonds. The normalized spacial score (nSPS) is 10.0. The van der Waals surface area contributed by atoms with Crippen molar-refractivity contribution in [3.8, 4) is 5.75 Å². The molecule has 17 heavy (non-hydrogen) atoms. The fourth-order valence-electron chi connectivity index (χ4n) is 1.36. The number of nitrogens with zero attached hydrogens (tertiary/aromatic N) is 1. The van der Waals surface area contributed by atoms with Gasteiger partial charge in [0.1, 0.15) is 12.0 Å². The molecule has 0 fully saturated rings. The zero-order valence-electron chi connectivity index (χ0n) is 9.56. The van der Waals surface area contributed by atoms with Crippen LogP contribution in [0.5, 0.6) is 5.75 Å².